The Kier molecular flexibility index (Phi) is 8.73. The average molecular weight is 424 g/mol. The van der Waals surface area contributed by atoms with Crippen molar-refractivity contribution >= 4 is 11.9 Å². The molecular formula is C25H28O6. The number of carbonyl (C=O) groups excluding carboxylic acids is 2. The van der Waals surface area contributed by atoms with Crippen molar-refractivity contribution in [1.82, 2.24) is 0 Å². The minimum atomic E-state index is -0.529. The highest BCUT2D eigenvalue weighted by Gasteiger charge is 2.15. The molecule has 6 heteroatoms. The maximum Gasteiger partial charge on any atom is 0.341 e. The summed E-state index contributed by atoms with van der Waals surface area (Å²) in [7, 11) is 2.98. The molecular weight excluding hydrogens is 396 g/mol. The first-order chi connectivity index (χ1) is 14.8. The van der Waals surface area contributed by atoms with Crippen molar-refractivity contribution in [3.63, 3.8) is 0 Å². The van der Waals surface area contributed by atoms with E-state index in [2.05, 4.69) is 27.0 Å². The van der Waals surface area contributed by atoms with Gasteiger partial charge in [0.25, 0.3) is 0 Å². The van der Waals surface area contributed by atoms with Crippen LogP contribution in [-0.4, -0.2) is 39.4 Å². The summed E-state index contributed by atoms with van der Waals surface area (Å²) in [4.78, 5) is 24.1. The van der Waals surface area contributed by atoms with E-state index in [1.807, 2.05) is 24.3 Å². The Morgan fingerprint density at radius 2 is 1.29 bits per heavy atom. The van der Waals surface area contributed by atoms with Gasteiger partial charge in [0.1, 0.15) is 11.5 Å². The van der Waals surface area contributed by atoms with E-state index in [4.69, 9.17) is 18.9 Å². The van der Waals surface area contributed by atoms with Gasteiger partial charge in [-0.15, -0.1) is 0 Å². The molecule has 0 unspecified atom stereocenters. The zero-order chi connectivity index (χ0) is 23.0. The number of esters is 2. The number of hydrogen-bond donors (Lipinski definition) is 0. The van der Waals surface area contributed by atoms with Crippen LogP contribution in [0.15, 0.2) is 66.8 Å². The summed E-state index contributed by atoms with van der Waals surface area (Å²) < 4.78 is 20.5. The van der Waals surface area contributed by atoms with Gasteiger partial charge in [0.05, 0.1) is 24.4 Å². The van der Waals surface area contributed by atoms with E-state index >= 15 is 0 Å². The molecule has 0 spiro atoms. The van der Waals surface area contributed by atoms with Gasteiger partial charge in [0.2, 0.25) is 0 Å². The van der Waals surface area contributed by atoms with Crippen LogP contribution in [-0.2, 0) is 19.1 Å². The van der Waals surface area contributed by atoms with Crippen molar-refractivity contribution in [3.8, 4) is 22.6 Å². The molecule has 0 bridgehead atoms. The Bertz CT molecular complexity index is 956. The molecule has 0 N–H and O–H groups in total. The van der Waals surface area contributed by atoms with Crippen molar-refractivity contribution < 1.29 is 28.5 Å². The summed E-state index contributed by atoms with van der Waals surface area (Å²) in [6, 6.07) is 12.7. The van der Waals surface area contributed by atoms with Crippen molar-refractivity contribution in [2.45, 2.75) is 19.8 Å². The second-order valence-corrected chi connectivity index (χ2v) is 7.28. The molecule has 0 aliphatic rings. The molecule has 0 saturated heterocycles. The van der Waals surface area contributed by atoms with Crippen LogP contribution < -0.4 is 9.47 Å². The fourth-order valence-electron chi connectivity index (χ4n) is 2.87. The third-order valence-corrected chi connectivity index (χ3v) is 4.45. The summed E-state index contributed by atoms with van der Waals surface area (Å²) >= 11 is 0. The van der Waals surface area contributed by atoms with E-state index in [1.165, 1.54) is 14.2 Å². The van der Waals surface area contributed by atoms with Gasteiger partial charge in [-0.05, 0) is 46.9 Å². The van der Waals surface area contributed by atoms with Crippen molar-refractivity contribution in [1.29, 1.82) is 0 Å². The van der Waals surface area contributed by atoms with E-state index in [-0.39, 0.29) is 30.3 Å². The number of hydrogen-bond acceptors (Lipinski definition) is 6. The molecule has 0 fully saturated rings. The van der Waals surface area contributed by atoms with Crippen LogP contribution in [0.25, 0.3) is 11.1 Å². The topological polar surface area (TPSA) is 71.1 Å². The quantitative estimate of drug-likeness (QED) is 0.313. The van der Waals surface area contributed by atoms with E-state index in [0.29, 0.717) is 11.5 Å². The van der Waals surface area contributed by atoms with Crippen LogP contribution in [0.3, 0.4) is 0 Å². The maximum atomic E-state index is 12.1. The van der Waals surface area contributed by atoms with Crippen molar-refractivity contribution in [2.75, 3.05) is 27.4 Å². The van der Waals surface area contributed by atoms with Gasteiger partial charge in [-0.3, -0.25) is 0 Å². The molecule has 2 rings (SSSR count). The van der Waals surface area contributed by atoms with Crippen LogP contribution in [0.5, 0.6) is 11.5 Å². The predicted octanol–water partition coefficient (Wildman–Crippen LogP) is 4.69. The van der Waals surface area contributed by atoms with Gasteiger partial charge in [0.15, 0.2) is 0 Å². The molecule has 0 heterocycles. The van der Waals surface area contributed by atoms with Gasteiger partial charge in [-0.25, -0.2) is 9.59 Å². The highest BCUT2D eigenvalue weighted by molar-refractivity contribution is 5.90. The lowest BCUT2D eigenvalue weighted by Crippen LogP contribution is -2.14. The summed E-state index contributed by atoms with van der Waals surface area (Å²) in [6.07, 6.45) is 0. The summed E-state index contributed by atoms with van der Waals surface area (Å²) in [6.45, 7) is 11.7. The zero-order valence-electron chi connectivity index (χ0n) is 18.4. The van der Waals surface area contributed by atoms with E-state index < -0.39 is 11.9 Å². The number of benzene rings is 2. The molecule has 0 aliphatic heterocycles. The number of methoxy groups -OCH3 is 2. The molecule has 0 radical (unpaired) electrons. The first-order valence-corrected chi connectivity index (χ1v) is 9.79. The molecule has 0 aliphatic carbocycles. The lowest BCUT2D eigenvalue weighted by atomic mass is 9.92. The third-order valence-electron chi connectivity index (χ3n) is 4.45. The first kappa shape index (κ1) is 24.1. The molecule has 6 nitrogen and oxygen atoms in total. The van der Waals surface area contributed by atoms with E-state index in [0.717, 1.165) is 16.7 Å². The fraction of sp³-hybridized carbons (Fsp3) is 0.280. The summed E-state index contributed by atoms with van der Waals surface area (Å²) in [5.41, 5.74) is 3.44. The minimum Gasteiger partial charge on any atom is -0.423 e. The van der Waals surface area contributed by atoms with Crippen molar-refractivity contribution in [2.24, 2.45) is 0 Å². The summed E-state index contributed by atoms with van der Waals surface area (Å²) in [5, 5.41) is 0. The van der Waals surface area contributed by atoms with Crippen LogP contribution in [0.1, 0.15) is 25.3 Å². The Morgan fingerprint density at radius 3 is 1.77 bits per heavy atom. The normalized spacial score (nSPS) is 10.6. The second-order valence-electron chi connectivity index (χ2n) is 7.28. The average Bonchev–Trinajstić information content (AvgIpc) is 2.74. The Hall–Kier alpha value is -3.22. The largest absolute Gasteiger partial charge is 0.423 e. The predicted molar refractivity (Wildman–Crippen MR) is 119 cm³/mol. The SMILES string of the molecule is C=C(COC)C(=O)Oc1ccc(-c2ccc(OC(=O)C(=C)COC)cc2C(C)C)cc1. The first-order valence-electron chi connectivity index (χ1n) is 9.79. The van der Waals surface area contributed by atoms with Crippen LogP contribution >= 0.6 is 0 Å². The van der Waals surface area contributed by atoms with Gasteiger partial charge < -0.3 is 18.9 Å². The molecule has 0 aromatic heterocycles. The number of rotatable bonds is 10. The molecule has 0 atom stereocenters. The zero-order valence-corrected chi connectivity index (χ0v) is 18.4. The fourth-order valence-corrected chi connectivity index (χ4v) is 2.87. The molecule has 0 amide bonds. The Morgan fingerprint density at radius 1 is 0.806 bits per heavy atom. The van der Waals surface area contributed by atoms with Gasteiger partial charge in [0, 0.05) is 14.2 Å². The lowest BCUT2D eigenvalue weighted by molar-refractivity contribution is -0.131. The molecule has 2 aromatic rings. The summed E-state index contributed by atoms with van der Waals surface area (Å²) in [5.74, 6) is -0.00819. The van der Waals surface area contributed by atoms with Crippen LogP contribution in [0.4, 0.5) is 0 Å². The van der Waals surface area contributed by atoms with Crippen molar-refractivity contribution in [3.05, 3.63) is 72.3 Å². The van der Waals surface area contributed by atoms with E-state index in [9.17, 15) is 9.59 Å². The third kappa shape index (κ3) is 6.64. The van der Waals surface area contributed by atoms with Crippen LogP contribution in [0, 0.1) is 0 Å². The van der Waals surface area contributed by atoms with Gasteiger partial charge >= 0.3 is 11.9 Å². The monoisotopic (exact) mass is 424 g/mol. The minimum absolute atomic E-state index is 0.115. The Balaban J connectivity index is 2.21. The number of ether oxygens (including phenoxy) is 4. The molecule has 31 heavy (non-hydrogen) atoms. The Labute approximate surface area is 183 Å². The highest BCUT2D eigenvalue weighted by atomic mass is 16.5. The number of carbonyl (C=O) groups is 2. The van der Waals surface area contributed by atoms with Gasteiger partial charge in [-0.1, -0.05) is 45.2 Å². The lowest BCUT2D eigenvalue weighted by Gasteiger charge is -2.16. The second kappa shape index (κ2) is 11.2. The van der Waals surface area contributed by atoms with Crippen LogP contribution in [0.2, 0.25) is 0 Å². The molecule has 164 valence electrons. The maximum absolute atomic E-state index is 12.1. The highest BCUT2D eigenvalue weighted by Crippen LogP contribution is 2.33. The smallest absolute Gasteiger partial charge is 0.341 e. The molecule has 0 saturated carbocycles. The molecule has 2 aromatic carbocycles. The van der Waals surface area contributed by atoms with E-state index in [1.54, 1.807) is 18.2 Å². The standard InChI is InChI=1S/C25H28O6/c1-16(2)23-13-21(31-25(27)18(4)15-29-6)11-12-22(23)19-7-9-20(10-8-19)30-24(26)17(3)14-28-5/h7-13,16H,3-4,14-15H2,1-2,5-6H3. The van der Waals surface area contributed by atoms with Gasteiger partial charge in [-0.2, -0.15) is 0 Å².